The summed E-state index contributed by atoms with van der Waals surface area (Å²) in [6, 6.07) is 6.58. The molecule has 1 aromatic rings. The van der Waals surface area contributed by atoms with Gasteiger partial charge in [-0.15, -0.1) is 0 Å². The maximum atomic E-state index is 5.47. The molecule has 0 saturated heterocycles. The van der Waals surface area contributed by atoms with Crippen molar-refractivity contribution in [3.8, 4) is 5.75 Å². The fraction of sp³-hybridized carbons (Fsp3) is 0.474. The Morgan fingerprint density at radius 3 is 2.57 bits per heavy atom. The predicted molar refractivity (Wildman–Crippen MR) is 94.6 cm³/mol. The van der Waals surface area contributed by atoms with Gasteiger partial charge in [0.2, 0.25) is 0 Å². The first-order valence-electron chi connectivity index (χ1n) is 7.64. The largest absolute Gasteiger partial charge is 0.496 e. The first-order chi connectivity index (χ1) is 9.92. The third-order valence-corrected chi connectivity index (χ3v) is 4.58. The molecule has 1 aliphatic carbocycles. The Hall–Kier alpha value is -1.15. The van der Waals surface area contributed by atoms with E-state index < -0.39 is 0 Å². The number of ether oxygens (including phenoxy) is 1. The minimum atomic E-state index is 0.371. The van der Waals surface area contributed by atoms with E-state index in [0.717, 1.165) is 18.6 Å². The van der Waals surface area contributed by atoms with E-state index in [1.807, 2.05) is 0 Å². The molecule has 0 bridgehead atoms. The molecule has 0 N–H and O–H groups in total. The summed E-state index contributed by atoms with van der Waals surface area (Å²) < 4.78 is 5.47. The van der Waals surface area contributed by atoms with E-state index in [1.165, 1.54) is 27.8 Å². The van der Waals surface area contributed by atoms with Crippen molar-refractivity contribution >= 4 is 12.6 Å². The van der Waals surface area contributed by atoms with Gasteiger partial charge in [0.1, 0.15) is 5.75 Å². The molecule has 1 nitrogen and oxygen atoms in total. The van der Waals surface area contributed by atoms with Crippen molar-refractivity contribution in [1.29, 1.82) is 0 Å². The highest BCUT2D eigenvalue weighted by atomic mass is 32.1. The van der Waals surface area contributed by atoms with Crippen molar-refractivity contribution in [3.63, 3.8) is 0 Å². The van der Waals surface area contributed by atoms with E-state index in [2.05, 4.69) is 64.6 Å². The Morgan fingerprint density at radius 2 is 2.00 bits per heavy atom. The summed E-state index contributed by atoms with van der Waals surface area (Å²) in [5.41, 5.74) is 6.97. The predicted octanol–water partition coefficient (Wildman–Crippen LogP) is 5.33. The lowest BCUT2D eigenvalue weighted by Gasteiger charge is -2.22. The minimum absolute atomic E-state index is 0.371. The number of hydrogen-bond donors (Lipinski definition) is 1. The number of thiol groups is 1. The lowest BCUT2D eigenvalue weighted by molar-refractivity contribution is 0.407. The summed E-state index contributed by atoms with van der Waals surface area (Å²) in [5.74, 6) is 1.46. The van der Waals surface area contributed by atoms with E-state index in [1.54, 1.807) is 7.11 Å². The standard InChI is InChI=1S/C19H26OS/c1-12(2)17-10-15(6-7-19(17)20-5)11-18-13(3)8-16(21)9-14(18)4/h6-8,10,12,16,21H,9,11H2,1-5H3. The Balaban J connectivity index is 2.30. The highest BCUT2D eigenvalue weighted by molar-refractivity contribution is 7.81. The van der Waals surface area contributed by atoms with Gasteiger partial charge in [0, 0.05) is 5.25 Å². The summed E-state index contributed by atoms with van der Waals surface area (Å²) in [6.45, 7) is 8.86. The number of rotatable bonds is 4. The molecule has 0 saturated carbocycles. The van der Waals surface area contributed by atoms with Gasteiger partial charge in [-0.3, -0.25) is 0 Å². The second kappa shape index (κ2) is 6.74. The molecule has 0 spiro atoms. The molecule has 21 heavy (non-hydrogen) atoms. The SMILES string of the molecule is COc1ccc(CC2=C(C)CC(S)C=C2C)cc1C(C)C. The van der Waals surface area contributed by atoms with Crippen molar-refractivity contribution in [1.82, 2.24) is 0 Å². The molecule has 0 radical (unpaired) electrons. The molecule has 0 aromatic heterocycles. The number of methoxy groups -OCH3 is 1. The van der Waals surface area contributed by atoms with Crippen LogP contribution < -0.4 is 4.74 Å². The van der Waals surface area contributed by atoms with Crippen LogP contribution in [0.3, 0.4) is 0 Å². The molecule has 1 unspecified atom stereocenters. The maximum absolute atomic E-state index is 5.47. The molecule has 2 rings (SSSR count). The van der Waals surface area contributed by atoms with Gasteiger partial charge in [-0.25, -0.2) is 0 Å². The van der Waals surface area contributed by atoms with Crippen LogP contribution in [0.1, 0.15) is 51.2 Å². The minimum Gasteiger partial charge on any atom is -0.496 e. The van der Waals surface area contributed by atoms with Crippen molar-refractivity contribution in [2.45, 2.75) is 51.7 Å². The zero-order valence-electron chi connectivity index (χ0n) is 13.7. The fourth-order valence-corrected chi connectivity index (χ4v) is 3.56. The van der Waals surface area contributed by atoms with Crippen LogP contribution in [-0.4, -0.2) is 12.4 Å². The van der Waals surface area contributed by atoms with Gasteiger partial charge in [-0.05, 0) is 55.4 Å². The average Bonchev–Trinajstić information content (AvgIpc) is 2.42. The second-order valence-electron chi connectivity index (χ2n) is 6.29. The van der Waals surface area contributed by atoms with Gasteiger partial charge in [-0.2, -0.15) is 12.6 Å². The molecule has 2 heteroatoms. The van der Waals surface area contributed by atoms with Gasteiger partial charge in [0.05, 0.1) is 7.11 Å². The average molecular weight is 302 g/mol. The van der Waals surface area contributed by atoms with E-state index in [-0.39, 0.29) is 0 Å². The van der Waals surface area contributed by atoms with E-state index in [0.29, 0.717) is 11.2 Å². The third kappa shape index (κ3) is 3.74. The van der Waals surface area contributed by atoms with Crippen molar-refractivity contribution in [2.24, 2.45) is 0 Å². The van der Waals surface area contributed by atoms with Crippen molar-refractivity contribution in [2.75, 3.05) is 7.11 Å². The van der Waals surface area contributed by atoms with Crippen molar-refractivity contribution < 1.29 is 4.74 Å². The number of benzene rings is 1. The lowest BCUT2D eigenvalue weighted by atomic mass is 9.87. The fourth-order valence-electron chi connectivity index (χ4n) is 3.06. The van der Waals surface area contributed by atoms with Crippen LogP contribution >= 0.6 is 12.6 Å². The van der Waals surface area contributed by atoms with Crippen LogP contribution in [-0.2, 0) is 6.42 Å². The van der Waals surface area contributed by atoms with Crippen LogP contribution in [0.15, 0.2) is 41.0 Å². The molecule has 0 heterocycles. The molecule has 1 atom stereocenters. The van der Waals surface area contributed by atoms with Gasteiger partial charge < -0.3 is 4.74 Å². The van der Waals surface area contributed by atoms with Crippen molar-refractivity contribution in [3.05, 3.63) is 52.1 Å². The summed E-state index contributed by atoms with van der Waals surface area (Å²) in [4.78, 5) is 0. The zero-order chi connectivity index (χ0) is 15.6. The molecule has 114 valence electrons. The summed E-state index contributed by atoms with van der Waals surface area (Å²) in [5, 5.41) is 0.371. The first kappa shape index (κ1) is 16.2. The molecule has 0 aliphatic heterocycles. The quantitative estimate of drug-likeness (QED) is 0.740. The lowest BCUT2D eigenvalue weighted by Crippen LogP contribution is -2.08. The monoisotopic (exact) mass is 302 g/mol. The highest BCUT2D eigenvalue weighted by Crippen LogP contribution is 2.32. The second-order valence-corrected chi connectivity index (χ2v) is 6.95. The molecular weight excluding hydrogens is 276 g/mol. The molecule has 0 amide bonds. The smallest absolute Gasteiger partial charge is 0.122 e. The van der Waals surface area contributed by atoms with Crippen LogP contribution in [0.2, 0.25) is 0 Å². The van der Waals surface area contributed by atoms with Gasteiger partial charge in [-0.1, -0.05) is 43.2 Å². The van der Waals surface area contributed by atoms with Crippen LogP contribution in [0.25, 0.3) is 0 Å². The van der Waals surface area contributed by atoms with E-state index >= 15 is 0 Å². The van der Waals surface area contributed by atoms with E-state index in [4.69, 9.17) is 4.74 Å². The number of allylic oxidation sites excluding steroid dienone is 3. The summed E-state index contributed by atoms with van der Waals surface area (Å²) in [6.07, 6.45) is 4.33. The van der Waals surface area contributed by atoms with Gasteiger partial charge in [0.15, 0.2) is 0 Å². The Morgan fingerprint density at radius 1 is 1.29 bits per heavy atom. The Labute approximate surface area is 134 Å². The molecular formula is C19H26OS. The third-order valence-electron chi connectivity index (χ3n) is 4.25. The molecule has 1 aromatic carbocycles. The van der Waals surface area contributed by atoms with Crippen LogP contribution in [0.4, 0.5) is 0 Å². The van der Waals surface area contributed by atoms with E-state index in [9.17, 15) is 0 Å². The summed E-state index contributed by atoms with van der Waals surface area (Å²) in [7, 11) is 1.74. The Kier molecular flexibility index (Phi) is 5.21. The summed E-state index contributed by atoms with van der Waals surface area (Å²) >= 11 is 4.59. The molecule has 0 fully saturated rings. The topological polar surface area (TPSA) is 9.23 Å². The van der Waals surface area contributed by atoms with Crippen LogP contribution in [0, 0.1) is 0 Å². The molecule has 1 aliphatic rings. The first-order valence-corrected chi connectivity index (χ1v) is 8.16. The maximum Gasteiger partial charge on any atom is 0.122 e. The normalized spacial score (nSPS) is 19.0. The van der Waals surface area contributed by atoms with Gasteiger partial charge in [0.25, 0.3) is 0 Å². The van der Waals surface area contributed by atoms with Crippen LogP contribution in [0.5, 0.6) is 5.75 Å². The number of hydrogen-bond acceptors (Lipinski definition) is 2. The highest BCUT2D eigenvalue weighted by Gasteiger charge is 2.16. The van der Waals surface area contributed by atoms with Gasteiger partial charge >= 0.3 is 0 Å². The zero-order valence-corrected chi connectivity index (χ0v) is 14.6. The Bertz CT molecular complexity index is 581.